The van der Waals surface area contributed by atoms with E-state index in [4.69, 9.17) is 29.0 Å². The number of nitrogens with zero attached hydrogens (tertiary/aromatic N) is 2. The van der Waals surface area contributed by atoms with Crippen LogP contribution in [0.25, 0.3) is 0 Å². The number of nitrogens with two attached hydrogens (primary N) is 1. The second-order valence-electron chi connectivity index (χ2n) is 5.89. The Hall–Kier alpha value is -0.720. The van der Waals surface area contributed by atoms with Crippen molar-refractivity contribution in [3.63, 3.8) is 0 Å². The summed E-state index contributed by atoms with van der Waals surface area (Å²) in [6.07, 6.45) is 0.652. The van der Waals surface area contributed by atoms with Gasteiger partial charge in [-0.2, -0.15) is 0 Å². The van der Waals surface area contributed by atoms with Crippen LogP contribution < -0.4 is 11.3 Å². The maximum Gasteiger partial charge on any atom is 0.0857 e. The molecule has 0 aliphatic rings. The normalized spacial score (nSPS) is 13.4. The van der Waals surface area contributed by atoms with Gasteiger partial charge in [0.25, 0.3) is 0 Å². The Bertz CT molecular complexity index is 622. The van der Waals surface area contributed by atoms with Crippen LogP contribution in [0.15, 0.2) is 18.2 Å². The topological polar surface area (TPSA) is 63.8 Å². The molecule has 114 valence electrons. The van der Waals surface area contributed by atoms with E-state index in [0.717, 1.165) is 16.1 Å². The van der Waals surface area contributed by atoms with Gasteiger partial charge in [-0.05, 0) is 35.6 Å². The first kappa shape index (κ1) is 16.6. The van der Waals surface area contributed by atoms with Crippen LogP contribution in [0.1, 0.15) is 42.9 Å². The summed E-state index contributed by atoms with van der Waals surface area (Å²) >= 11 is 13.5. The summed E-state index contributed by atoms with van der Waals surface area (Å²) in [5.74, 6) is 5.74. The summed E-state index contributed by atoms with van der Waals surface area (Å²) in [7, 11) is 0. The van der Waals surface area contributed by atoms with Gasteiger partial charge in [0, 0.05) is 15.5 Å². The molecule has 1 heterocycles. The predicted molar refractivity (Wildman–Crippen MR) is 88.8 cm³/mol. The van der Waals surface area contributed by atoms with E-state index in [-0.39, 0.29) is 11.5 Å². The molecule has 2 rings (SSSR count). The second kappa shape index (κ2) is 6.58. The van der Waals surface area contributed by atoms with Gasteiger partial charge in [0.2, 0.25) is 0 Å². The van der Waals surface area contributed by atoms with Crippen LogP contribution in [-0.2, 0) is 11.8 Å². The molecule has 7 heteroatoms. The van der Waals surface area contributed by atoms with Crippen molar-refractivity contribution in [2.24, 2.45) is 5.84 Å². The van der Waals surface area contributed by atoms with E-state index in [2.05, 4.69) is 35.8 Å². The number of halogens is 2. The lowest BCUT2D eigenvalue weighted by molar-refractivity contribution is 0.515. The Labute approximate surface area is 138 Å². The van der Waals surface area contributed by atoms with Crippen molar-refractivity contribution in [2.75, 3.05) is 0 Å². The molecule has 0 aliphatic heterocycles. The van der Waals surface area contributed by atoms with E-state index >= 15 is 0 Å². The largest absolute Gasteiger partial charge is 0.271 e. The zero-order valence-corrected chi connectivity index (χ0v) is 14.5. The van der Waals surface area contributed by atoms with Gasteiger partial charge in [0.05, 0.1) is 16.6 Å². The van der Waals surface area contributed by atoms with E-state index < -0.39 is 0 Å². The van der Waals surface area contributed by atoms with Gasteiger partial charge < -0.3 is 0 Å². The van der Waals surface area contributed by atoms with E-state index in [1.165, 1.54) is 11.5 Å². The maximum atomic E-state index is 6.24. The number of hydrogen-bond donors (Lipinski definition) is 2. The summed E-state index contributed by atoms with van der Waals surface area (Å²) < 4.78 is 4.08. The highest BCUT2D eigenvalue weighted by Crippen LogP contribution is 2.33. The lowest BCUT2D eigenvalue weighted by Gasteiger charge is -2.21. The molecule has 21 heavy (non-hydrogen) atoms. The fraction of sp³-hybridized carbons (Fsp3) is 0.429. The maximum absolute atomic E-state index is 6.24. The SMILES string of the molecule is CC(C)(C)c1nnsc1C(Cc1ccc(Cl)cc1Cl)NN. The molecule has 1 atom stereocenters. The average molecular weight is 345 g/mol. The van der Waals surface area contributed by atoms with Crippen LogP contribution in [0.3, 0.4) is 0 Å². The van der Waals surface area contributed by atoms with Crippen molar-refractivity contribution >= 4 is 34.7 Å². The number of benzene rings is 1. The van der Waals surface area contributed by atoms with Crippen molar-refractivity contribution in [3.8, 4) is 0 Å². The van der Waals surface area contributed by atoms with Gasteiger partial charge >= 0.3 is 0 Å². The van der Waals surface area contributed by atoms with Crippen LogP contribution in [0.2, 0.25) is 10.0 Å². The molecule has 0 bridgehead atoms. The summed E-state index contributed by atoms with van der Waals surface area (Å²) in [4.78, 5) is 1.04. The molecule has 0 spiro atoms. The fourth-order valence-electron chi connectivity index (χ4n) is 2.08. The highest BCUT2D eigenvalue weighted by molar-refractivity contribution is 7.05. The molecule has 0 fully saturated rings. The van der Waals surface area contributed by atoms with Gasteiger partial charge in [-0.25, -0.2) is 0 Å². The van der Waals surface area contributed by atoms with E-state index in [9.17, 15) is 0 Å². The standard InChI is InChI=1S/C14H18Cl2N4S/c1-14(2,3)13-12(21-20-19-13)11(18-17)6-8-4-5-9(15)7-10(8)16/h4-5,7,11,18H,6,17H2,1-3H3. The number of hydrogen-bond acceptors (Lipinski definition) is 5. The molecular weight excluding hydrogens is 327 g/mol. The first-order chi connectivity index (χ1) is 9.82. The van der Waals surface area contributed by atoms with Crippen LogP contribution >= 0.6 is 34.7 Å². The zero-order valence-electron chi connectivity index (χ0n) is 12.2. The smallest absolute Gasteiger partial charge is 0.0857 e. The van der Waals surface area contributed by atoms with E-state index in [1.807, 2.05) is 12.1 Å². The lowest BCUT2D eigenvalue weighted by Crippen LogP contribution is -2.31. The zero-order chi connectivity index (χ0) is 15.6. The molecular formula is C14H18Cl2N4S. The van der Waals surface area contributed by atoms with Crippen LogP contribution in [0, 0.1) is 0 Å². The molecule has 1 aromatic heterocycles. The van der Waals surface area contributed by atoms with Crippen molar-refractivity contribution < 1.29 is 0 Å². The molecule has 2 aromatic rings. The fourth-order valence-corrected chi connectivity index (χ4v) is 3.49. The van der Waals surface area contributed by atoms with Gasteiger partial charge in [0.1, 0.15) is 0 Å². The Kier molecular flexibility index (Phi) is 5.22. The molecule has 3 N–H and O–H groups in total. The third kappa shape index (κ3) is 3.93. The summed E-state index contributed by atoms with van der Waals surface area (Å²) in [5.41, 5.74) is 4.71. The minimum Gasteiger partial charge on any atom is -0.271 e. The Morgan fingerprint density at radius 3 is 2.62 bits per heavy atom. The number of nitrogens with one attached hydrogen (secondary N) is 1. The number of hydrazine groups is 1. The van der Waals surface area contributed by atoms with Gasteiger partial charge in [0.15, 0.2) is 0 Å². The molecule has 0 amide bonds. The van der Waals surface area contributed by atoms with E-state index in [0.29, 0.717) is 16.5 Å². The summed E-state index contributed by atoms with van der Waals surface area (Å²) in [5, 5.41) is 5.51. The highest BCUT2D eigenvalue weighted by atomic mass is 35.5. The van der Waals surface area contributed by atoms with E-state index in [1.54, 1.807) is 6.07 Å². The monoisotopic (exact) mass is 344 g/mol. The quantitative estimate of drug-likeness (QED) is 0.652. The third-order valence-corrected chi connectivity index (χ3v) is 4.61. The molecule has 1 unspecified atom stereocenters. The van der Waals surface area contributed by atoms with Crippen LogP contribution in [0.4, 0.5) is 0 Å². The predicted octanol–water partition coefficient (Wildman–Crippen LogP) is 3.89. The Morgan fingerprint density at radius 1 is 1.33 bits per heavy atom. The Morgan fingerprint density at radius 2 is 2.05 bits per heavy atom. The van der Waals surface area contributed by atoms with Gasteiger partial charge in [-0.15, -0.1) is 5.10 Å². The van der Waals surface area contributed by atoms with Crippen molar-refractivity contribution in [3.05, 3.63) is 44.4 Å². The number of rotatable bonds is 4. The molecule has 0 saturated heterocycles. The molecule has 0 saturated carbocycles. The average Bonchev–Trinajstić information content (AvgIpc) is 2.87. The van der Waals surface area contributed by atoms with Crippen molar-refractivity contribution in [1.82, 2.24) is 15.0 Å². The lowest BCUT2D eigenvalue weighted by atomic mass is 9.89. The van der Waals surface area contributed by atoms with Gasteiger partial charge in [-0.3, -0.25) is 11.3 Å². The Balaban J connectivity index is 2.31. The minimum atomic E-state index is -0.0853. The molecule has 0 aliphatic carbocycles. The molecule has 0 radical (unpaired) electrons. The third-order valence-electron chi connectivity index (χ3n) is 3.18. The van der Waals surface area contributed by atoms with Crippen LogP contribution in [-0.4, -0.2) is 9.59 Å². The van der Waals surface area contributed by atoms with Crippen molar-refractivity contribution in [1.29, 1.82) is 0 Å². The van der Waals surface area contributed by atoms with Crippen molar-refractivity contribution in [2.45, 2.75) is 38.6 Å². The first-order valence-corrected chi connectivity index (χ1v) is 8.08. The summed E-state index contributed by atoms with van der Waals surface area (Å²) in [6.45, 7) is 6.32. The van der Waals surface area contributed by atoms with Crippen LogP contribution in [0.5, 0.6) is 0 Å². The molecule has 1 aromatic carbocycles. The first-order valence-electron chi connectivity index (χ1n) is 6.55. The number of aromatic nitrogens is 2. The molecule has 4 nitrogen and oxygen atoms in total. The second-order valence-corrected chi connectivity index (χ2v) is 7.52. The minimum absolute atomic E-state index is 0.0821. The van der Waals surface area contributed by atoms with Gasteiger partial charge in [-0.1, -0.05) is 54.5 Å². The summed E-state index contributed by atoms with van der Waals surface area (Å²) in [6, 6.07) is 5.39. The highest BCUT2D eigenvalue weighted by Gasteiger charge is 2.27.